The molecule has 0 N–H and O–H groups in total. The second-order valence-corrected chi connectivity index (χ2v) is 3.61. The van der Waals surface area contributed by atoms with Crippen LogP contribution in [0.3, 0.4) is 0 Å². The fourth-order valence-corrected chi connectivity index (χ4v) is 1.68. The van der Waals surface area contributed by atoms with Crippen molar-refractivity contribution in [2.24, 2.45) is 0 Å². The molecule has 0 heterocycles. The van der Waals surface area contributed by atoms with Crippen LogP contribution in [0.1, 0.15) is 25.0 Å². The van der Waals surface area contributed by atoms with Gasteiger partial charge in [0.1, 0.15) is 0 Å². The van der Waals surface area contributed by atoms with Gasteiger partial charge >= 0.3 is 0 Å². The Hall–Kier alpha value is -1.56. The lowest BCUT2D eigenvalue weighted by Gasteiger charge is -2.07. The molecule has 0 aliphatic rings. The van der Waals surface area contributed by atoms with Crippen LogP contribution in [0, 0.1) is 13.8 Å². The predicted molar refractivity (Wildman–Crippen MR) is 72.7 cm³/mol. The van der Waals surface area contributed by atoms with Crippen LogP contribution in [0.25, 0.3) is 11.1 Å². The summed E-state index contributed by atoms with van der Waals surface area (Å²) in [6, 6.07) is 17.0. The topological polar surface area (TPSA) is 0 Å². The standard InChI is InChI=1S/C14H14.C2H6/c1-11-7-6-10-14(12(11)2)13-8-4-3-5-9-13;1-2/h3-10H,1-2H3;1-2H3. The van der Waals surface area contributed by atoms with Gasteiger partial charge in [0.15, 0.2) is 0 Å². The molecule has 0 spiro atoms. The van der Waals surface area contributed by atoms with Gasteiger partial charge in [-0.2, -0.15) is 0 Å². The SMILES string of the molecule is CC.Cc1cccc(-c2ccccc2)c1C. The summed E-state index contributed by atoms with van der Waals surface area (Å²) < 4.78 is 0. The third kappa shape index (κ3) is 2.73. The molecule has 0 saturated heterocycles. The van der Waals surface area contributed by atoms with Crippen LogP contribution in [0.4, 0.5) is 0 Å². The molecule has 0 aliphatic heterocycles. The Morgan fingerprint density at radius 1 is 0.688 bits per heavy atom. The van der Waals surface area contributed by atoms with Crippen LogP contribution in [0.2, 0.25) is 0 Å². The highest BCUT2D eigenvalue weighted by molar-refractivity contribution is 5.68. The fraction of sp³-hybridized carbons (Fsp3) is 0.250. The summed E-state index contributed by atoms with van der Waals surface area (Å²) in [6.45, 7) is 8.33. The van der Waals surface area contributed by atoms with E-state index in [0.29, 0.717) is 0 Å². The Morgan fingerprint density at radius 3 is 1.94 bits per heavy atom. The highest BCUT2D eigenvalue weighted by atomic mass is 14.1. The van der Waals surface area contributed by atoms with Gasteiger partial charge in [0.2, 0.25) is 0 Å². The lowest BCUT2D eigenvalue weighted by atomic mass is 9.97. The predicted octanol–water partition coefficient (Wildman–Crippen LogP) is 5.00. The minimum absolute atomic E-state index is 1.30. The van der Waals surface area contributed by atoms with Crippen molar-refractivity contribution in [3.05, 3.63) is 59.7 Å². The molecule has 84 valence electrons. The van der Waals surface area contributed by atoms with Crippen molar-refractivity contribution in [1.29, 1.82) is 0 Å². The van der Waals surface area contributed by atoms with Gasteiger partial charge in [-0.15, -0.1) is 0 Å². The first-order valence-electron chi connectivity index (χ1n) is 5.90. The van der Waals surface area contributed by atoms with E-state index in [2.05, 4.69) is 62.4 Å². The van der Waals surface area contributed by atoms with E-state index in [9.17, 15) is 0 Å². The van der Waals surface area contributed by atoms with Gasteiger partial charge in [-0.05, 0) is 36.1 Å². The number of hydrogen-bond acceptors (Lipinski definition) is 0. The van der Waals surface area contributed by atoms with Crippen molar-refractivity contribution in [3.8, 4) is 11.1 Å². The highest BCUT2D eigenvalue weighted by Crippen LogP contribution is 2.24. The third-order valence-corrected chi connectivity index (χ3v) is 2.69. The molecule has 2 rings (SSSR count). The van der Waals surface area contributed by atoms with Gasteiger partial charge in [0.25, 0.3) is 0 Å². The second kappa shape index (κ2) is 6.12. The lowest BCUT2D eigenvalue weighted by molar-refractivity contribution is 1.34. The maximum atomic E-state index is 2.18. The van der Waals surface area contributed by atoms with Crippen LogP contribution in [-0.2, 0) is 0 Å². The summed E-state index contributed by atoms with van der Waals surface area (Å²) >= 11 is 0. The molecule has 2 aromatic rings. The van der Waals surface area contributed by atoms with Crippen LogP contribution >= 0.6 is 0 Å². The molecule has 0 bridgehead atoms. The van der Waals surface area contributed by atoms with Crippen molar-refractivity contribution in [2.75, 3.05) is 0 Å². The van der Waals surface area contributed by atoms with E-state index < -0.39 is 0 Å². The molecule has 0 aliphatic carbocycles. The zero-order valence-corrected chi connectivity index (χ0v) is 10.6. The molecule has 0 fully saturated rings. The van der Waals surface area contributed by atoms with Crippen LogP contribution < -0.4 is 0 Å². The van der Waals surface area contributed by atoms with E-state index in [-0.39, 0.29) is 0 Å². The van der Waals surface area contributed by atoms with E-state index in [1.54, 1.807) is 0 Å². The second-order valence-electron chi connectivity index (χ2n) is 3.61. The smallest absolute Gasteiger partial charge is 0.0152 e. The summed E-state index contributed by atoms with van der Waals surface area (Å²) in [5.74, 6) is 0. The largest absolute Gasteiger partial charge is 0.0683 e. The van der Waals surface area contributed by atoms with Crippen LogP contribution in [-0.4, -0.2) is 0 Å². The lowest BCUT2D eigenvalue weighted by Crippen LogP contribution is -1.85. The monoisotopic (exact) mass is 212 g/mol. The Bertz CT molecular complexity index is 427. The van der Waals surface area contributed by atoms with Gasteiger partial charge in [-0.3, -0.25) is 0 Å². The first-order valence-corrected chi connectivity index (χ1v) is 5.90. The number of rotatable bonds is 1. The van der Waals surface area contributed by atoms with Crippen molar-refractivity contribution in [2.45, 2.75) is 27.7 Å². The number of benzene rings is 2. The molecule has 0 atom stereocenters. The van der Waals surface area contributed by atoms with Crippen molar-refractivity contribution >= 4 is 0 Å². The van der Waals surface area contributed by atoms with Gasteiger partial charge in [0, 0.05) is 0 Å². The van der Waals surface area contributed by atoms with E-state index in [0.717, 1.165) is 0 Å². The Morgan fingerprint density at radius 2 is 1.31 bits per heavy atom. The first-order chi connectivity index (χ1) is 7.79. The van der Waals surface area contributed by atoms with E-state index in [4.69, 9.17) is 0 Å². The fourth-order valence-electron chi connectivity index (χ4n) is 1.68. The van der Waals surface area contributed by atoms with Crippen LogP contribution in [0.15, 0.2) is 48.5 Å². The summed E-state index contributed by atoms with van der Waals surface area (Å²) in [5.41, 5.74) is 5.37. The molecule has 0 amide bonds. The maximum absolute atomic E-state index is 2.18. The van der Waals surface area contributed by atoms with Gasteiger partial charge in [0.05, 0.1) is 0 Å². The Balaban J connectivity index is 0.000000606. The van der Waals surface area contributed by atoms with E-state index in [1.165, 1.54) is 22.3 Å². The summed E-state index contributed by atoms with van der Waals surface area (Å²) in [6.07, 6.45) is 0. The quantitative estimate of drug-likeness (QED) is 0.624. The zero-order valence-electron chi connectivity index (χ0n) is 10.6. The first kappa shape index (κ1) is 12.5. The number of hydrogen-bond donors (Lipinski definition) is 0. The van der Waals surface area contributed by atoms with Gasteiger partial charge in [-0.1, -0.05) is 62.4 Å². The van der Waals surface area contributed by atoms with Gasteiger partial charge in [-0.25, -0.2) is 0 Å². The minimum atomic E-state index is 1.30. The average molecular weight is 212 g/mol. The summed E-state index contributed by atoms with van der Waals surface area (Å²) in [5, 5.41) is 0. The Labute approximate surface area is 99.0 Å². The zero-order chi connectivity index (χ0) is 12.0. The van der Waals surface area contributed by atoms with Crippen LogP contribution in [0.5, 0.6) is 0 Å². The molecular weight excluding hydrogens is 192 g/mol. The molecule has 0 heteroatoms. The summed E-state index contributed by atoms with van der Waals surface area (Å²) in [7, 11) is 0. The molecule has 0 radical (unpaired) electrons. The summed E-state index contributed by atoms with van der Waals surface area (Å²) in [4.78, 5) is 0. The Kier molecular flexibility index (Phi) is 4.78. The molecule has 16 heavy (non-hydrogen) atoms. The minimum Gasteiger partial charge on any atom is -0.0683 e. The normalized spacial score (nSPS) is 9.25. The highest BCUT2D eigenvalue weighted by Gasteiger charge is 2.01. The molecule has 0 saturated carbocycles. The molecule has 0 nitrogen and oxygen atoms in total. The van der Waals surface area contributed by atoms with Crippen molar-refractivity contribution in [3.63, 3.8) is 0 Å². The third-order valence-electron chi connectivity index (χ3n) is 2.69. The van der Waals surface area contributed by atoms with E-state index in [1.807, 2.05) is 13.8 Å². The average Bonchev–Trinajstić information content (AvgIpc) is 2.36. The van der Waals surface area contributed by atoms with E-state index >= 15 is 0 Å². The number of aryl methyl sites for hydroxylation is 1. The maximum Gasteiger partial charge on any atom is -0.0152 e. The van der Waals surface area contributed by atoms with Crippen molar-refractivity contribution in [1.82, 2.24) is 0 Å². The van der Waals surface area contributed by atoms with Crippen molar-refractivity contribution < 1.29 is 0 Å². The molecule has 2 aromatic carbocycles. The molecular formula is C16H20. The van der Waals surface area contributed by atoms with Gasteiger partial charge < -0.3 is 0 Å². The molecule has 0 unspecified atom stereocenters. The molecule has 0 aromatic heterocycles.